The van der Waals surface area contributed by atoms with Crippen molar-refractivity contribution in [3.05, 3.63) is 103 Å². The van der Waals surface area contributed by atoms with E-state index in [1.165, 1.54) is 6.33 Å². The average Bonchev–Trinajstić information content (AvgIpc) is 3.61. The minimum Gasteiger partial charge on any atom is -0.494 e. The van der Waals surface area contributed by atoms with Gasteiger partial charge in [0.15, 0.2) is 0 Å². The van der Waals surface area contributed by atoms with Crippen LogP contribution in [0, 0.1) is 5.41 Å². The van der Waals surface area contributed by atoms with Gasteiger partial charge in [0.25, 0.3) is 0 Å². The molecule has 0 atom stereocenters. The average molecular weight is 465 g/mol. The molecule has 2 aromatic carbocycles. The summed E-state index contributed by atoms with van der Waals surface area (Å²) in [7, 11) is 0. The van der Waals surface area contributed by atoms with Gasteiger partial charge in [0.2, 0.25) is 0 Å². The van der Waals surface area contributed by atoms with Crippen molar-refractivity contribution >= 4 is 11.5 Å². The van der Waals surface area contributed by atoms with E-state index in [2.05, 4.69) is 20.4 Å². The SMILES string of the molecule is N=C(Nc1ccc(-c2ccc(-c3ccc(OCCCn4cncn4)cc3)o2)cc1)c1ccccn1. The molecule has 0 spiro atoms. The van der Waals surface area contributed by atoms with Crippen molar-refractivity contribution < 1.29 is 9.15 Å². The van der Waals surface area contributed by atoms with Crippen molar-refractivity contribution in [2.24, 2.45) is 0 Å². The van der Waals surface area contributed by atoms with Crippen molar-refractivity contribution in [3.8, 4) is 28.4 Å². The molecule has 0 bridgehead atoms. The first-order valence-electron chi connectivity index (χ1n) is 11.3. The molecule has 174 valence electrons. The van der Waals surface area contributed by atoms with E-state index in [4.69, 9.17) is 14.6 Å². The molecule has 3 heterocycles. The molecule has 8 nitrogen and oxygen atoms in total. The maximum absolute atomic E-state index is 8.17. The highest BCUT2D eigenvalue weighted by molar-refractivity contribution is 6.04. The van der Waals surface area contributed by atoms with E-state index in [-0.39, 0.29) is 5.84 Å². The van der Waals surface area contributed by atoms with Gasteiger partial charge < -0.3 is 14.5 Å². The zero-order valence-electron chi connectivity index (χ0n) is 19.0. The standard InChI is InChI=1S/C27H24N6O2/c28-27(24-4-1-2-15-30-24)32-22-9-5-20(6-10-22)25-13-14-26(35-25)21-7-11-23(12-8-21)34-17-3-16-33-19-29-18-31-33/h1-2,4-15,18-19H,3,16-17H2,(H2,28,32). The fourth-order valence-electron chi connectivity index (χ4n) is 3.57. The van der Waals surface area contributed by atoms with Crippen molar-refractivity contribution in [2.75, 3.05) is 11.9 Å². The number of benzene rings is 2. The number of hydrogen-bond donors (Lipinski definition) is 2. The van der Waals surface area contributed by atoms with Crippen LogP contribution in [-0.2, 0) is 6.54 Å². The molecular weight excluding hydrogens is 440 g/mol. The monoisotopic (exact) mass is 464 g/mol. The molecule has 0 fully saturated rings. The first-order chi connectivity index (χ1) is 17.2. The third-order valence-electron chi connectivity index (χ3n) is 5.37. The molecule has 0 amide bonds. The van der Waals surface area contributed by atoms with E-state index in [0.717, 1.165) is 47.0 Å². The first kappa shape index (κ1) is 22.1. The Balaban J connectivity index is 1.17. The predicted molar refractivity (Wildman–Crippen MR) is 134 cm³/mol. The summed E-state index contributed by atoms with van der Waals surface area (Å²) in [6.07, 6.45) is 5.76. The minimum absolute atomic E-state index is 0.251. The van der Waals surface area contributed by atoms with E-state index in [1.54, 1.807) is 23.3 Å². The van der Waals surface area contributed by atoms with Gasteiger partial charge in [-0.1, -0.05) is 6.07 Å². The van der Waals surface area contributed by atoms with Gasteiger partial charge in [0.1, 0.15) is 41.5 Å². The van der Waals surface area contributed by atoms with E-state index >= 15 is 0 Å². The molecule has 0 saturated heterocycles. The summed E-state index contributed by atoms with van der Waals surface area (Å²) in [5.41, 5.74) is 3.34. The quantitative estimate of drug-likeness (QED) is 0.169. The van der Waals surface area contributed by atoms with Crippen LogP contribution in [0.25, 0.3) is 22.6 Å². The summed E-state index contributed by atoms with van der Waals surface area (Å²) in [6.45, 7) is 1.38. The summed E-state index contributed by atoms with van der Waals surface area (Å²) < 4.78 is 13.7. The molecule has 0 saturated carbocycles. The fourth-order valence-corrected chi connectivity index (χ4v) is 3.57. The van der Waals surface area contributed by atoms with Crippen LogP contribution < -0.4 is 10.1 Å². The Kier molecular flexibility index (Phi) is 6.61. The Morgan fingerprint density at radius 3 is 2.31 bits per heavy atom. The van der Waals surface area contributed by atoms with Gasteiger partial charge in [0, 0.05) is 36.0 Å². The summed E-state index contributed by atoms with van der Waals surface area (Å²) in [4.78, 5) is 8.12. The lowest BCUT2D eigenvalue weighted by atomic mass is 10.1. The van der Waals surface area contributed by atoms with Gasteiger partial charge in [-0.2, -0.15) is 5.10 Å². The van der Waals surface area contributed by atoms with Gasteiger partial charge >= 0.3 is 0 Å². The maximum atomic E-state index is 8.17. The number of ether oxygens (including phenoxy) is 1. The zero-order chi connectivity index (χ0) is 23.9. The van der Waals surface area contributed by atoms with Crippen LogP contribution in [0.4, 0.5) is 5.69 Å². The Hall–Kier alpha value is -4.72. The molecule has 5 aromatic rings. The molecule has 2 N–H and O–H groups in total. The van der Waals surface area contributed by atoms with Crippen LogP contribution in [0.15, 0.2) is 102 Å². The highest BCUT2D eigenvalue weighted by Gasteiger charge is 2.08. The largest absolute Gasteiger partial charge is 0.494 e. The molecule has 0 unspecified atom stereocenters. The van der Waals surface area contributed by atoms with Crippen LogP contribution in [0.5, 0.6) is 5.75 Å². The number of amidine groups is 1. The van der Waals surface area contributed by atoms with Crippen LogP contribution in [0.2, 0.25) is 0 Å². The van der Waals surface area contributed by atoms with Crippen molar-refractivity contribution in [1.82, 2.24) is 19.7 Å². The molecule has 5 rings (SSSR count). The number of hydrogen-bond acceptors (Lipinski definition) is 6. The Morgan fingerprint density at radius 1 is 0.914 bits per heavy atom. The summed E-state index contributed by atoms with van der Waals surface area (Å²) >= 11 is 0. The third-order valence-corrected chi connectivity index (χ3v) is 5.37. The Bertz CT molecular complexity index is 1360. The Morgan fingerprint density at radius 2 is 1.66 bits per heavy atom. The lowest BCUT2D eigenvalue weighted by Crippen LogP contribution is -2.13. The van der Waals surface area contributed by atoms with Crippen molar-refractivity contribution in [2.45, 2.75) is 13.0 Å². The Labute approximate surface area is 202 Å². The van der Waals surface area contributed by atoms with Crippen molar-refractivity contribution in [1.29, 1.82) is 5.41 Å². The summed E-state index contributed by atoms with van der Waals surface area (Å²) in [6, 6.07) is 25.1. The highest BCUT2D eigenvalue weighted by atomic mass is 16.5. The lowest BCUT2D eigenvalue weighted by molar-refractivity contribution is 0.298. The maximum Gasteiger partial charge on any atom is 0.148 e. The van der Waals surface area contributed by atoms with Crippen LogP contribution in [-0.4, -0.2) is 32.2 Å². The van der Waals surface area contributed by atoms with Gasteiger partial charge in [-0.25, -0.2) is 4.98 Å². The van der Waals surface area contributed by atoms with Gasteiger partial charge in [-0.05, 0) is 72.8 Å². The second-order valence-electron chi connectivity index (χ2n) is 7.84. The van der Waals surface area contributed by atoms with Crippen molar-refractivity contribution in [3.63, 3.8) is 0 Å². The second kappa shape index (κ2) is 10.5. The first-order valence-corrected chi connectivity index (χ1v) is 11.3. The molecule has 0 aliphatic rings. The molecule has 8 heteroatoms. The van der Waals surface area contributed by atoms with Crippen LogP contribution in [0.3, 0.4) is 0 Å². The molecule has 0 radical (unpaired) electrons. The van der Waals surface area contributed by atoms with Crippen LogP contribution >= 0.6 is 0 Å². The summed E-state index contributed by atoms with van der Waals surface area (Å²) in [5, 5.41) is 15.3. The molecular formula is C27H24N6O2. The number of pyridine rings is 1. The van der Waals surface area contributed by atoms with E-state index < -0.39 is 0 Å². The fraction of sp³-hybridized carbons (Fsp3) is 0.111. The molecule has 0 aliphatic carbocycles. The number of rotatable bonds is 9. The highest BCUT2D eigenvalue weighted by Crippen LogP contribution is 2.30. The topological polar surface area (TPSA) is 102 Å². The number of nitrogens with one attached hydrogen (secondary N) is 2. The van der Waals surface area contributed by atoms with E-state index in [0.29, 0.717) is 12.3 Å². The van der Waals surface area contributed by atoms with Gasteiger partial charge in [-0.3, -0.25) is 15.1 Å². The van der Waals surface area contributed by atoms with E-state index in [9.17, 15) is 0 Å². The molecule has 0 aliphatic heterocycles. The molecule has 3 aromatic heterocycles. The number of aryl methyl sites for hydroxylation is 1. The normalized spacial score (nSPS) is 10.7. The van der Waals surface area contributed by atoms with Gasteiger partial charge in [0.05, 0.1) is 6.61 Å². The number of aromatic nitrogens is 4. The number of anilines is 1. The minimum atomic E-state index is 0.251. The van der Waals surface area contributed by atoms with E-state index in [1.807, 2.05) is 72.8 Å². The third kappa shape index (κ3) is 5.62. The smallest absolute Gasteiger partial charge is 0.148 e. The number of nitrogens with zero attached hydrogens (tertiary/aromatic N) is 4. The second-order valence-corrected chi connectivity index (χ2v) is 7.84. The lowest BCUT2D eigenvalue weighted by Gasteiger charge is -2.08. The predicted octanol–water partition coefficient (Wildman–Crippen LogP) is 5.51. The zero-order valence-corrected chi connectivity index (χ0v) is 19.0. The number of furan rings is 1. The molecule has 35 heavy (non-hydrogen) atoms. The van der Waals surface area contributed by atoms with Gasteiger partial charge in [-0.15, -0.1) is 0 Å². The van der Waals surface area contributed by atoms with Crippen LogP contribution in [0.1, 0.15) is 12.1 Å². The summed E-state index contributed by atoms with van der Waals surface area (Å²) in [5.74, 6) is 2.64.